The van der Waals surface area contributed by atoms with Crippen LogP contribution in [-0.4, -0.2) is 32.8 Å². The Morgan fingerprint density at radius 3 is 2.50 bits per heavy atom. The molecule has 0 aliphatic carbocycles. The minimum atomic E-state index is -3.93. The number of hydrogen-bond acceptors (Lipinski definition) is 7. The van der Waals surface area contributed by atoms with Crippen molar-refractivity contribution in [3.8, 4) is 11.5 Å². The summed E-state index contributed by atoms with van der Waals surface area (Å²) in [5, 5.41) is 7.12. The normalized spacial score (nSPS) is 11.2. The maximum Gasteiger partial charge on any atom is 0.329 e. The van der Waals surface area contributed by atoms with Crippen LogP contribution in [-0.2, 0) is 10.0 Å². The number of nitrogens with zero attached hydrogens (tertiary/aromatic N) is 2. The lowest BCUT2D eigenvalue weighted by atomic mass is 10.3. The highest BCUT2D eigenvalue weighted by Gasteiger charge is 2.22. The SMILES string of the molecule is COc1ccc(OC)c(S(=O)(=O)Nc2nnc(C)o2)c1. The summed E-state index contributed by atoms with van der Waals surface area (Å²) in [7, 11) is -1.12. The van der Waals surface area contributed by atoms with E-state index >= 15 is 0 Å². The van der Waals surface area contributed by atoms with Crippen LogP contribution in [0.25, 0.3) is 0 Å². The molecule has 0 saturated carbocycles. The maximum absolute atomic E-state index is 12.3. The van der Waals surface area contributed by atoms with E-state index < -0.39 is 10.0 Å². The predicted molar refractivity (Wildman–Crippen MR) is 69.4 cm³/mol. The number of ether oxygens (including phenoxy) is 2. The number of aromatic nitrogens is 2. The average molecular weight is 299 g/mol. The molecular weight excluding hydrogens is 286 g/mol. The minimum Gasteiger partial charge on any atom is -0.497 e. The van der Waals surface area contributed by atoms with Crippen molar-refractivity contribution in [2.24, 2.45) is 0 Å². The molecule has 9 heteroatoms. The zero-order valence-corrected chi connectivity index (χ0v) is 11.9. The monoisotopic (exact) mass is 299 g/mol. The Hall–Kier alpha value is -2.29. The fourth-order valence-electron chi connectivity index (χ4n) is 1.50. The van der Waals surface area contributed by atoms with Crippen molar-refractivity contribution in [2.45, 2.75) is 11.8 Å². The second kappa shape index (κ2) is 5.37. The third-order valence-corrected chi connectivity index (χ3v) is 3.75. The van der Waals surface area contributed by atoms with Crippen LogP contribution >= 0.6 is 0 Å². The number of methoxy groups -OCH3 is 2. The number of anilines is 1. The first-order valence-electron chi connectivity index (χ1n) is 5.51. The molecule has 8 nitrogen and oxygen atoms in total. The van der Waals surface area contributed by atoms with E-state index in [1.54, 1.807) is 13.0 Å². The van der Waals surface area contributed by atoms with Crippen LogP contribution in [0.1, 0.15) is 5.89 Å². The molecule has 0 amide bonds. The molecule has 1 N–H and O–H groups in total. The average Bonchev–Trinajstić information content (AvgIpc) is 2.82. The Labute approximate surface area is 115 Å². The smallest absolute Gasteiger partial charge is 0.329 e. The topological polar surface area (TPSA) is 104 Å². The van der Waals surface area contributed by atoms with Gasteiger partial charge in [0.2, 0.25) is 5.89 Å². The van der Waals surface area contributed by atoms with Gasteiger partial charge in [-0.2, -0.15) is 0 Å². The lowest BCUT2D eigenvalue weighted by molar-refractivity contribution is 0.392. The first kappa shape index (κ1) is 14.1. The van der Waals surface area contributed by atoms with Crippen LogP contribution in [0.4, 0.5) is 6.01 Å². The second-order valence-corrected chi connectivity index (χ2v) is 5.40. The molecule has 0 unspecified atom stereocenters. The highest BCUT2D eigenvalue weighted by Crippen LogP contribution is 2.29. The number of nitrogens with one attached hydrogen (secondary N) is 1. The van der Waals surface area contributed by atoms with Crippen LogP contribution in [0.15, 0.2) is 27.5 Å². The van der Waals surface area contributed by atoms with E-state index in [1.165, 1.54) is 26.4 Å². The van der Waals surface area contributed by atoms with Crippen molar-refractivity contribution in [1.82, 2.24) is 10.2 Å². The van der Waals surface area contributed by atoms with E-state index in [1.807, 2.05) is 0 Å². The summed E-state index contributed by atoms with van der Waals surface area (Å²) >= 11 is 0. The van der Waals surface area contributed by atoms with E-state index in [0.29, 0.717) is 5.75 Å². The number of benzene rings is 1. The quantitative estimate of drug-likeness (QED) is 0.884. The number of hydrogen-bond donors (Lipinski definition) is 1. The van der Waals surface area contributed by atoms with Gasteiger partial charge in [-0.1, -0.05) is 5.10 Å². The zero-order chi connectivity index (χ0) is 14.8. The molecule has 0 atom stereocenters. The van der Waals surface area contributed by atoms with E-state index in [4.69, 9.17) is 13.9 Å². The number of rotatable bonds is 5. The molecule has 0 fully saturated rings. The van der Waals surface area contributed by atoms with Crippen molar-refractivity contribution in [2.75, 3.05) is 18.9 Å². The second-order valence-electron chi connectivity index (χ2n) is 3.75. The van der Waals surface area contributed by atoms with Crippen LogP contribution in [0, 0.1) is 6.92 Å². The standard InChI is InChI=1S/C11H13N3O5S/c1-7-12-13-11(19-7)14-20(15,16)10-6-8(17-2)4-5-9(10)18-3/h4-6H,1-3H3,(H,13,14). The van der Waals surface area contributed by atoms with Crippen molar-refractivity contribution in [1.29, 1.82) is 0 Å². The Morgan fingerprint density at radius 2 is 1.95 bits per heavy atom. The predicted octanol–water partition coefficient (Wildman–Crippen LogP) is 1.20. The third kappa shape index (κ3) is 2.82. The summed E-state index contributed by atoms with van der Waals surface area (Å²) in [4.78, 5) is -0.0878. The zero-order valence-electron chi connectivity index (χ0n) is 11.1. The van der Waals surface area contributed by atoms with Gasteiger partial charge >= 0.3 is 6.01 Å². The summed E-state index contributed by atoms with van der Waals surface area (Å²) in [6.07, 6.45) is 0. The lowest BCUT2D eigenvalue weighted by Gasteiger charge is -2.10. The van der Waals surface area contributed by atoms with Crippen molar-refractivity contribution < 1.29 is 22.3 Å². The Morgan fingerprint density at radius 1 is 1.20 bits per heavy atom. The first-order chi connectivity index (χ1) is 9.46. The summed E-state index contributed by atoms with van der Waals surface area (Å²) in [5.41, 5.74) is 0. The van der Waals surface area contributed by atoms with E-state index in [-0.39, 0.29) is 22.6 Å². The molecule has 0 aliphatic heterocycles. The van der Waals surface area contributed by atoms with Gasteiger partial charge in [0.25, 0.3) is 10.0 Å². The van der Waals surface area contributed by atoms with Gasteiger partial charge in [-0.3, -0.25) is 0 Å². The van der Waals surface area contributed by atoms with Crippen molar-refractivity contribution in [3.05, 3.63) is 24.1 Å². The van der Waals surface area contributed by atoms with Crippen LogP contribution < -0.4 is 14.2 Å². The van der Waals surface area contributed by atoms with Gasteiger partial charge < -0.3 is 13.9 Å². The van der Waals surface area contributed by atoms with Gasteiger partial charge in [0.15, 0.2) is 0 Å². The minimum absolute atomic E-state index is 0.0878. The fourth-order valence-corrected chi connectivity index (χ4v) is 2.61. The van der Waals surface area contributed by atoms with Crippen LogP contribution in [0.3, 0.4) is 0 Å². The molecule has 1 aromatic carbocycles. The van der Waals surface area contributed by atoms with E-state index in [9.17, 15) is 8.42 Å². The van der Waals surface area contributed by atoms with Gasteiger partial charge in [-0.05, 0) is 12.1 Å². The maximum atomic E-state index is 12.3. The molecular formula is C11H13N3O5S. The van der Waals surface area contributed by atoms with Gasteiger partial charge in [0, 0.05) is 13.0 Å². The van der Waals surface area contributed by atoms with E-state index in [2.05, 4.69) is 14.9 Å². The van der Waals surface area contributed by atoms with Crippen molar-refractivity contribution >= 4 is 16.0 Å². The molecule has 0 spiro atoms. The Balaban J connectivity index is 2.42. The molecule has 0 saturated heterocycles. The number of aryl methyl sites for hydroxylation is 1. The molecule has 0 radical (unpaired) electrons. The van der Waals surface area contributed by atoms with Gasteiger partial charge in [0.05, 0.1) is 14.2 Å². The van der Waals surface area contributed by atoms with Gasteiger partial charge in [-0.25, -0.2) is 13.1 Å². The lowest BCUT2D eigenvalue weighted by Crippen LogP contribution is -2.14. The first-order valence-corrected chi connectivity index (χ1v) is 6.99. The fraction of sp³-hybridized carbons (Fsp3) is 0.273. The summed E-state index contributed by atoms with van der Waals surface area (Å²) in [6, 6.07) is 4.21. The molecule has 20 heavy (non-hydrogen) atoms. The highest BCUT2D eigenvalue weighted by atomic mass is 32.2. The summed E-state index contributed by atoms with van der Waals surface area (Å²) in [5.74, 6) is 0.808. The largest absolute Gasteiger partial charge is 0.497 e. The molecule has 2 aromatic rings. The van der Waals surface area contributed by atoms with E-state index in [0.717, 1.165) is 0 Å². The van der Waals surface area contributed by atoms with Crippen LogP contribution in [0.5, 0.6) is 11.5 Å². The molecule has 1 heterocycles. The summed E-state index contributed by atoms with van der Waals surface area (Å²) in [6.45, 7) is 1.55. The number of sulfonamides is 1. The molecule has 2 rings (SSSR count). The molecule has 0 aliphatic rings. The Bertz CT molecular complexity index is 711. The molecule has 0 bridgehead atoms. The van der Waals surface area contributed by atoms with Gasteiger partial charge in [0.1, 0.15) is 16.4 Å². The molecule has 108 valence electrons. The van der Waals surface area contributed by atoms with Crippen molar-refractivity contribution in [3.63, 3.8) is 0 Å². The Kier molecular flexibility index (Phi) is 3.79. The molecule has 1 aromatic heterocycles. The third-order valence-electron chi connectivity index (χ3n) is 2.41. The summed E-state index contributed by atoms with van der Waals surface area (Å²) < 4.78 is 41.8. The highest BCUT2D eigenvalue weighted by molar-refractivity contribution is 7.92. The van der Waals surface area contributed by atoms with Gasteiger partial charge in [-0.15, -0.1) is 5.10 Å². The van der Waals surface area contributed by atoms with Crippen LogP contribution in [0.2, 0.25) is 0 Å².